The molecule has 3 aromatic rings. The van der Waals surface area contributed by atoms with Crippen molar-refractivity contribution in [3.63, 3.8) is 0 Å². The Bertz CT molecular complexity index is 1020. The summed E-state index contributed by atoms with van der Waals surface area (Å²) in [6, 6.07) is 14.8. The molecule has 0 aliphatic rings. The Morgan fingerprint density at radius 2 is 1.05 bits per heavy atom. The lowest BCUT2D eigenvalue weighted by molar-refractivity contribution is 0.294. The number of aromatic nitrogens is 1. The van der Waals surface area contributed by atoms with Crippen LogP contribution in [0.2, 0.25) is 0 Å². The second-order valence-electron chi connectivity index (χ2n) is 10.7. The standard InChI is InChI=1S/C34H51NO2/c1-3-5-7-9-11-12-13-15-16-18-26-36-30-21-22-31-29(28-30)20-24-33-32(31)23-25-34(35-33)37-27-19-17-14-10-8-6-4-2/h20-25,28H,3-19,26-27H2,1-2H3. The highest BCUT2D eigenvalue weighted by Gasteiger charge is 2.06. The number of benzene rings is 2. The van der Waals surface area contributed by atoms with E-state index >= 15 is 0 Å². The number of rotatable bonds is 21. The highest BCUT2D eigenvalue weighted by atomic mass is 16.5. The lowest BCUT2D eigenvalue weighted by atomic mass is 10.0. The molecule has 0 bridgehead atoms. The van der Waals surface area contributed by atoms with Crippen molar-refractivity contribution in [2.45, 2.75) is 123 Å². The quantitative estimate of drug-likeness (QED) is 0.107. The van der Waals surface area contributed by atoms with Crippen LogP contribution in [0.15, 0.2) is 42.5 Å². The molecular weight excluding hydrogens is 454 g/mol. The van der Waals surface area contributed by atoms with E-state index in [9.17, 15) is 0 Å². The van der Waals surface area contributed by atoms with Crippen LogP contribution < -0.4 is 9.47 Å². The van der Waals surface area contributed by atoms with E-state index in [1.54, 1.807) is 0 Å². The van der Waals surface area contributed by atoms with E-state index in [1.807, 2.05) is 6.07 Å². The van der Waals surface area contributed by atoms with Gasteiger partial charge in [-0.05, 0) is 47.9 Å². The average molecular weight is 506 g/mol. The van der Waals surface area contributed by atoms with E-state index in [2.05, 4.69) is 50.2 Å². The van der Waals surface area contributed by atoms with E-state index in [-0.39, 0.29) is 0 Å². The lowest BCUT2D eigenvalue weighted by Crippen LogP contribution is -1.99. The molecule has 3 rings (SSSR count). The fourth-order valence-electron chi connectivity index (χ4n) is 5.09. The molecule has 0 N–H and O–H groups in total. The van der Waals surface area contributed by atoms with Gasteiger partial charge in [-0.15, -0.1) is 0 Å². The summed E-state index contributed by atoms with van der Waals surface area (Å²) in [6.45, 7) is 6.10. The van der Waals surface area contributed by atoms with Crippen molar-refractivity contribution >= 4 is 21.7 Å². The van der Waals surface area contributed by atoms with Crippen molar-refractivity contribution in [1.82, 2.24) is 4.98 Å². The maximum Gasteiger partial charge on any atom is 0.213 e. The van der Waals surface area contributed by atoms with E-state index in [1.165, 1.54) is 112 Å². The topological polar surface area (TPSA) is 31.4 Å². The fraction of sp³-hybridized carbons (Fsp3) is 0.618. The van der Waals surface area contributed by atoms with Crippen molar-refractivity contribution in [2.24, 2.45) is 0 Å². The Labute approximate surface area is 226 Å². The maximum absolute atomic E-state index is 6.07. The monoisotopic (exact) mass is 505 g/mol. The van der Waals surface area contributed by atoms with Crippen LogP contribution >= 0.6 is 0 Å². The number of hydrogen-bond donors (Lipinski definition) is 0. The van der Waals surface area contributed by atoms with Gasteiger partial charge in [-0.25, -0.2) is 4.98 Å². The maximum atomic E-state index is 6.07. The molecule has 3 heteroatoms. The first kappa shape index (κ1) is 29.3. The summed E-state index contributed by atoms with van der Waals surface area (Å²) >= 11 is 0. The Morgan fingerprint density at radius 3 is 1.68 bits per heavy atom. The summed E-state index contributed by atoms with van der Waals surface area (Å²) in [6.07, 6.45) is 22.5. The Hall–Kier alpha value is -2.29. The molecule has 0 saturated heterocycles. The lowest BCUT2D eigenvalue weighted by Gasteiger charge is -2.10. The van der Waals surface area contributed by atoms with E-state index in [4.69, 9.17) is 14.5 Å². The van der Waals surface area contributed by atoms with Gasteiger partial charge in [0.1, 0.15) is 5.75 Å². The number of fused-ring (bicyclic) bond motifs is 3. The molecule has 0 saturated carbocycles. The first-order valence-corrected chi connectivity index (χ1v) is 15.4. The zero-order valence-corrected chi connectivity index (χ0v) is 23.7. The minimum atomic E-state index is 0.731. The zero-order valence-electron chi connectivity index (χ0n) is 23.7. The smallest absolute Gasteiger partial charge is 0.213 e. The third-order valence-electron chi connectivity index (χ3n) is 7.40. The van der Waals surface area contributed by atoms with Crippen LogP contribution in [0.25, 0.3) is 21.7 Å². The molecule has 1 heterocycles. The first-order chi connectivity index (χ1) is 18.3. The normalized spacial score (nSPS) is 11.4. The number of pyridine rings is 1. The second kappa shape index (κ2) is 18.0. The average Bonchev–Trinajstić information content (AvgIpc) is 2.92. The fourth-order valence-corrected chi connectivity index (χ4v) is 5.09. The number of ether oxygens (including phenoxy) is 2. The number of unbranched alkanes of at least 4 members (excludes halogenated alkanes) is 15. The SMILES string of the molecule is CCCCCCCCCCCCOc1ccc2c(ccc3nc(OCCCCCCCCC)ccc32)c1. The Morgan fingerprint density at radius 1 is 0.514 bits per heavy atom. The van der Waals surface area contributed by atoms with Gasteiger partial charge in [-0.1, -0.05) is 122 Å². The third kappa shape index (κ3) is 10.9. The van der Waals surface area contributed by atoms with Crippen LogP contribution in [-0.4, -0.2) is 18.2 Å². The number of hydrogen-bond acceptors (Lipinski definition) is 3. The molecule has 0 aliphatic carbocycles. The Kier molecular flexibility index (Phi) is 14.3. The second-order valence-corrected chi connectivity index (χ2v) is 10.7. The molecule has 204 valence electrons. The van der Waals surface area contributed by atoms with Crippen LogP contribution in [-0.2, 0) is 0 Å². The summed E-state index contributed by atoms with van der Waals surface area (Å²) in [5.41, 5.74) is 0.989. The summed E-state index contributed by atoms with van der Waals surface area (Å²) in [4.78, 5) is 4.76. The summed E-state index contributed by atoms with van der Waals surface area (Å²) in [7, 11) is 0. The molecule has 0 unspecified atom stereocenters. The molecule has 0 spiro atoms. The van der Waals surface area contributed by atoms with E-state index in [0.717, 1.165) is 43.2 Å². The third-order valence-corrected chi connectivity index (χ3v) is 7.40. The zero-order chi connectivity index (χ0) is 26.0. The molecule has 0 atom stereocenters. The predicted octanol–water partition coefficient (Wildman–Crippen LogP) is 10.8. The van der Waals surface area contributed by atoms with Crippen molar-refractivity contribution < 1.29 is 9.47 Å². The minimum absolute atomic E-state index is 0.731. The summed E-state index contributed by atoms with van der Waals surface area (Å²) < 4.78 is 12.0. The van der Waals surface area contributed by atoms with Gasteiger partial charge in [-0.2, -0.15) is 0 Å². The van der Waals surface area contributed by atoms with Crippen molar-refractivity contribution in [3.05, 3.63) is 42.5 Å². The van der Waals surface area contributed by atoms with Gasteiger partial charge in [-0.3, -0.25) is 0 Å². The van der Waals surface area contributed by atoms with Crippen molar-refractivity contribution in [2.75, 3.05) is 13.2 Å². The number of nitrogens with zero attached hydrogens (tertiary/aromatic N) is 1. The van der Waals surface area contributed by atoms with Gasteiger partial charge in [0.05, 0.1) is 18.7 Å². The summed E-state index contributed by atoms with van der Waals surface area (Å²) in [5.74, 6) is 1.69. The van der Waals surface area contributed by atoms with Gasteiger partial charge < -0.3 is 9.47 Å². The molecule has 37 heavy (non-hydrogen) atoms. The van der Waals surface area contributed by atoms with Gasteiger partial charge in [0, 0.05) is 11.5 Å². The van der Waals surface area contributed by atoms with Crippen LogP contribution in [0.1, 0.15) is 123 Å². The molecule has 0 fully saturated rings. The van der Waals surface area contributed by atoms with Crippen molar-refractivity contribution in [3.8, 4) is 11.6 Å². The molecule has 0 radical (unpaired) electrons. The summed E-state index contributed by atoms with van der Waals surface area (Å²) in [5, 5.41) is 3.59. The van der Waals surface area contributed by atoms with Crippen LogP contribution in [0.5, 0.6) is 11.6 Å². The first-order valence-electron chi connectivity index (χ1n) is 15.4. The van der Waals surface area contributed by atoms with E-state index in [0.29, 0.717) is 0 Å². The van der Waals surface area contributed by atoms with E-state index < -0.39 is 0 Å². The highest BCUT2D eigenvalue weighted by molar-refractivity contribution is 6.06. The molecular formula is C34H51NO2. The van der Waals surface area contributed by atoms with Gasteiger partial charge in [0.2, 0.25) is 5.88 Å². The van der Waals surface area contributed by atoms with Gasteiger partial charge in [0.15, 0.2) is 0 Å². The van der Waals surface area contributed by atoms with Crippen LogP contribution in [0, 0.1) is 0 Å². The van der Waals surface area contributed by atoms with Gasteiger partial charge >= 0.3 is 0 Å². The molecule has 0 aliphatic heterocycles. The van der Waals surface area contributed by atoms with Crippen molar-refractivity contribution in [1.29, 1.82) is 0 Å². The molecule has 0 amide bonds. The molecule has 2 aromatic carbocycles. The Balaban J connectivity index is 1.37. The van der Waals surface area contributed by atoms with Crippen LogP contribution in [0.4, 0.5) is 0 Å². The molecule has 1 aromatic heterocycles. The molecule has 3 nitrogen and oxygen atoms in total. The van der Waals surface area contributed by atoms with Gasteiger partial charge in [0.25, 0.3) is 0 Å². The minimum Gasteiger partial charge on any atom is -0.494 e. The highest BCUT2D eigenvalue weighted by Crippen LogP contribution is 2.29. The largest absolute Gasteiger partial charge is 0.494 e. The van der Waals surface area contributed by atoms with Crippen LogP contribution in [0.3, 0.4) is 0 Å². The predicted molar refractivity (Wildman–Crippen MR) is 160 cm³/mol.